The lowest BCUT2D eigenvalue weighted by molar-refractivity contribution is 0.0615. The molecule has 1 fully saturated rings. The molecule has 1 aliphatic heterocycles. The van der Waals surface area contributed by atoms with Crippen molar-refractivity contribution in [1.29, 1.82) is 0 Å². The molecule has 0 aromatic carbocycles. The number of carbonyl (C=O) groups excluding carboxylic acids is 1. The van der Waals surface area contributed by atoms with Gasteiger partial charge in [0.2, 0.25) is 0 Å². The fourth-order valence-corrected chi connectivity index (χ4v) is 3.32. The van der Waals surface area contributed by atoms with E-state index in [1.54, 1.807) is 4.68 Å². The summed E-state index contributed by atoms with van der Waals surface area (Å²) in [4.78, 5) is 14.3. The van der Waals surface area contributed by atoms with Crippen molar-refractivity contribution in [3.63, 3.8) is 0 Å². The van der Waals surface area contributed by atoms with E-state index in [0.29, 0.717) is 17.5 Å². The maximum absolute atomic E-state index is 12.4. The minimum absolute atomic E-state index is 0.0772. The van der Waals surface area contributed by atoms with Gasteiger partial charge in [-0.05, 0) is 40.8 Å². The normalized spacial score (nSPS) is 25.1. The van der Waals surface area contributed by atoms with E-state index in [9.17, 15) is 4.79 Å². The highest BCUT2D eigenvalue weighted by Crippen LogP contribution is 2.23. The van der Waals surface area contributed by atoms with E-state index in [1.807, 2.05) is 18.1 Å². The molecule has 0 radical (unpaired) electrons. The van der Waals surface area contributed by atoms with Crippen LogP contribution in [0.1, 0.15) is 30.8 Å². The maximum atomic E-state index is 12.4. The fourth-order valence-electron chi connectivity index (χ4n) is 2.58. The number of likely N-dealkylation sites (tertiary alicyclic amines) is 1. The summed E-state index contributed by atoms with van der Waals surface area (Å²) in [5.41, 5.74) is 0.592. The molecule has 1 saturated heterocycles. The average Bonchev–Trinajstić information content (AvgIpc) is 2.55. The van der Waals surface area contributed by atoms with Crippen LogP contribution in [0, 0.1) is 15.4 Å². The summed E-state index contributed by atoms with van der Waals surface area (Å²) in [5, 5.41) is 4.25. The molecule has 0 N–H and O–H groups in total. The van der Waals surface area contributed by atoms with E-state index in [4.69, 9.17) is 0 Å². The summed E-state index contributed by atoms with van der Waals surface area (Å²) in [6.45, 7) is 6.13. The number of hydrogen-bond acceptors (Lipinski definition) is 2. The predicted molar refractivity (Wildman–Crippen MR) is 74.8 cm³/mol. The molecule has 17 heavy (non-hydrogen) atoms. The zero-order chi connectivity index (χ0) is 12.6. The molecule has 1 amide bonds. The van der Waals surface area contributed by atoms with E-state index < -0.39 is 0 Å². The lowest BCUT2D eigenvalue weighted by atomic mass is 9.92. The molecule has 0 bridgehead atoms. The van der Waals surface area contributed by atoms with Crippen molar-refractivity contribution in [3.8, 4) is 0 Å². The van der Waals surface area contributed by atoms with Crippen LogP contribution in [-0.2, 0) is 7.05 Å². The molecule has 1 aromatic heterocycles. The van der Waals surface area contributed by atoms with Gasteiger partial charge in [-0.2, -0.15) is 5.10 Å². The summed E-state index contributed by atoms with van der Waals surface area (Å²) >= 11 is 2.17. The first kappa shape index (κ1) is 12.9. The molecule has 0 aliphatic carbocycles. The summed E-state index contributed by atoms with van der Waals surface area (Å²) in [5.74, 6) is 1.25. The minimum Gasteiger partial charge on any atom is -0.337 e. The number of carbonyl (C=O) groups is 1. The molecule has 0 unspecified atom stereocenters. The maximum Gasteiger partial charge on any atom is 0.275 e. The summed E-state index contributed by atoms with van der Waals surface area (Å²) in [7, 11) is 1.85. The van der Waals surface area contributed by atoms with E-state index in [2.05, 4.69) is 41.5 Å². The van der Waals surface area contributed by atoms with Gasteiger partial charge in [0.1, 0.15) is 0 Å². The largest absolute Gasteiger partial charge is 0.337 e. The molecule has 1 aliphatic rings. The third kappa shape index (κ3) is 2.81. The Hall–Kier alpha value is -0.590. The van der Waals surface area contributed by atoms with Crippen molar-refractivity contribution in [2.45, 2.75) is 20.3 Å². The molecule has 4 nitrogen and oxygen atoms in total. The SMILES string of the molecule is C[C@H]1C[C@H](C)CN(C(=O)c2nn(C)cc2I)C1. The number of piperidine rings is 1. The van der Waals surface area contributed by atoms with E-state index >= 15 is 0 Å². The molecule has 2 rings (SSSR count). The van der Waals surface area contributed by atoms with Gasteiger partial charge >= 0.3 is 0 Å². The first-order chi connectivity index (χ1) is 7.97. The standard InChI is InChI=1S/C12H18IN3O/c1-8-4-9(2)6-16(5-8)12(17)11-10(13)7-15(3)14-11/h7-9H,4-6H2,1-3H3/t8-,9-/m0/s1. The Labute approximate surface area is 116 Å². The highest BCUT2D eigenvalue weighted by molar-refractivity contribution is 14.1. The van der Waals surface area contributed by atoms with Crippen LogP contribution in [0.5, 0.6) is 0 Å². The summed E-state index contributed by atoms with van der Waals surface area (Å²) in [6, 6.07) is 0. The smallest absolute Gasteiger partial charge is 0.275 e. The minimum atomic E-state index is 0.0772. The van der Waals surface area contributed by atoms with Gasteiger partial charge in [-0.3, -0.25) is 9.48 Å². The van der Waals surface area contributed by atoms with Gasteiger partial charge in [0.05, 0.1) is 3.57 Å². The molecule has 94 valence electrons. The number of aryl methyl sites for hydroxylation is 1. The number of hydrogen-bond donors (Lipinski definition) is 0. The molecule has 5 heteroatoms. The van der Waals surface area contributed by atoms with Gasteiger partial charge < -0.3 is 4.90 Å². The first-order valence-corrected chi connectivity index (χ1v) is 7.03. The second-order valence-corrected chi connectivity index (χ2v) is 6.32. The van der Waals surface area contributed by atoms with Crippen molar-refractivity contribution < 1.29 is 4.79 Å². The van der Waals surface area contributed by atoms with Crippen molar-refractivity contribution >= 4 is 28.5 Å². The second-order valence-electron chi connectivity index (χ2n) is 5.16. The first-order valence-electron chi connectivity index (χ1n) is 5.95. The topological polar surface area (TPSA) is 38.1 Å². The van der Waals surface area contributed by atoms with Crippen molar-refractivity contribution in [3.05, 3.63) is 15.5 Å². The van der Waals surface area contributed by atoms with E-state index in [1.165, 1.54) is 6.42 Å². The van der Waals surface area contributed by atoms with Crippen LogP contribution in [0.3, 0.4) is 0 Å². The lowest BCUT2D eigenvalue weighted by Gasteiger charge is -2.34. The lowest BCUT2D eigenvalue weighted by Crippen LogP contribution is -2.43. The molecule has 0 saturated carbocycles. The van der Waals surface area contributed by atoms with Crippen molar-refractivity contribution in [2.75, 3.05) is 13.1 Å². The zero-order valence-corrected chi connectivity index (χ0v) is 12.6. The van der Waals surface area contributed by atoms with Crippen molar-refractivity contribution in [2.24, 2.45) is 18.9 Å². The van der Waals surface area contributed by atoms with E-state index in [-0.39, 0.29) is 5.91 Å². The van der Waals surface area contributed by atoms with Gasteiger partial charge in [-0.25, -0.2) is 0 Å². The second kappa shape index (κ2) is 4.96. The van der Waals surface area contributed by atoms with Gasteiger partial charge in [-0.1, -0.05) is 13.8 Å². The zero-order valence-electron chi connectivity index (χ0n) is 10.5. The molecule has 2 heterocycles. The fraction of sp³-hybridized carbons (Fsp3) is 0.667. The Kier molecular flexibility index (Phi) is 3.75. The number of halogens is 1. The highest BCUT2D eigenvalue weighted by atomic mass is 127. The predicted octanol–water partition coefficient (Wildman–Crippen LogP) is 2.14. The molecule has 0 spiro atoms. The summed E-state index contributed by atoms with van der Waals surface area (Å²) in [6.07, 6.45) is 3.09. The van der Waals surface area contributed by atoms with Crippen LogP contribution in [0.25, 0.3) is 0 Å². The quantitative estimate of drug-likeness (QED) is 0.730. The van der Waals surface area contributed by atoms with Gasteiger partial charge in [0, 0.05) is 26.3 Å². The molecular formula is C12H18IN3O. The third-order valence-corrected chi connectivity index (χ3v) is 3.93. The number of rotatable bonds is 1. The Bertz CT molecular complexity index is 419. The van der Waals surface area contributed by atoms with E-state index in [0.717, 1.165) is 16.7 Å². The van der Waals surface area contributed by atoms with Crippen molar-refractivity contribution in [1.82, 2.24) is 14.7 Å². The number of nitrogens with zero attached hydrogens (tertiary/aromatic N) is 3. The Balaban J connectivity index is 2.17. The van der Waals surface area contributed by atoms with Crippen LogP contribution in [0.2, 0.25) is 0 Å². The van der Waals surface area contributed by atoms with Crippen LogP contribution in [-0.4, -0.2) is 33.7 Å². The van der Waals surface area contributed by atoms with Crippen LogP contribution in [0.15, 0.2) is 6.20 Å². The van der Waals surface area contributed by atoms with Gasteiger partial charge in [0.25, 0.3) is 5.91 Å². The average molecular weight is 347 g/mol. The number of aromatic nitrogens is 2. The Morgan fingerprint density at radius 3 is 2.47 bits per heavy atom. The summed E-state index contributed by atoms with van der Waals surface area (Å²) < 4.78 is 2.63. The van der Waals surface area contributed by atoms with Crippen LogP contribution >= 0.6 is 22.6 Å². The molecule has 2 atom stereocenters. The third-order valence-electron chi connectivity index (χ3n) is 3.14. The monoisotopic (exact) mass is 347 g/mol. The van der Waals surface area contributed by atoms with Crippen LogP contribution in [0.4, 0.5) is 0 Å². The number of amides is 1. The molecule has 1 aromatic rings. The Morgan fingerprint density at radius 1 is 1.41 bits per heavy atom. The highest BCUT2D eigenvalue weighted by Gasteiger charge is 2.28. The Morgan fingerprint density at radius 2 is 2.00 bits per heavy atom. The van der Waals surface area contributed by atoms with Crippen LogP contribution < -0.4 is 0 Å². The van der Waals surface area contributed by atoms with Gasteiger partial charge in [0.15, 0.2) is 5.69 Å². The molecular weight excluding hydrogens is 329 g/mol. The van der Waals surface area contributed by atoms with Gasteiger partial charge in [-0.15, -0.1) is 0 Å².